The Morgan fingerprint density at radius 3 is 2.12 bits per heavy atom. The van der Waals surface area contributed by atoms with Gasteiger partial charge in [0.1, 0.15) is 0 Å². The third-order valence-electron chi connectivity index (χ3n) is 7.83. The normalized spacial score (nSPS) is 65.8. The van der Waals surface area contributed by atoms with Gasteiger partial charge in [-0.1, -0.05) is 15.9 Å². The van der Waals surface area contributed by atoms with E-state index in [1.165, 1.54) is 29.5 Å². The van der Waals surface area contributed by atoms with E-state index in [-0.39, 0.29) is 0 Å². The highest BCUT2D eigenvalue weighted by atomic mass is 79.9. The minimum absolute atomic E-state index is 0.827. The van der Waals surface area contributed by atoms with Crippen LogP contribution in [0.2, 0.25) is 0 Å². The molecule has 0 N–H and O–H groups in total. The summed E-state index contributed by atoms with van der Waals surface area (Å²) in [6, 6.07) is 0. The molecule has 0 aliphatic heterocycles. The summed E-state index contributed by atoms with van der Waals surface area (Å²) in [5.41, 5.74) is 0.827. The van der Waals surface area contributed by atoms with Gasteiger partial charge in [-0.05, 0) is 91.8 Å². The van der Waals surface area contributed by atoms with Gasteiger partial charge in [-0.25, -0.2) is 0 Å². The van der Waals surface area contributed by atoms with Crippen LogP contribution in [0.3, 0.4) is 0 Å². The minimum atomic E-state index is 0.827. The average molecular weight is 295 g/mol. The minimum Gasteiger partial charge on any atom is -0.0928 e. The molecule has 0 nitrogen and oxygen atoms in total. The number of rotatable bonds is 2. The monoisotopic (exact) mass is 294 g/mol. The first-order chi connectivity index (χ1) is 8.32. The van der Waals surface area contributed by atoms with Gasteiger partial charge in [0.15, 0.2) is 0 Å². The van der Waals surface area contributed by atoms with Gasteiger partial charge in [-0.15, -0.1) is 0 Å². The molecule has 8 bridgehead atoms. The van der Waals surface area contributed by atoms with Crippen molar-refractivity contribution in [2.75, 3.05) is 5.33 Å². The number of hydrogen-bond donors (Lipinski definition) is 0. The third-order valence-corrected chi connectivity index (χ3v) is 8.23. The van der Waals surface area contributed by atoms with Crippen LogP contribution in [0.5, 0.6) is 0 Å². The zero-order valence-corrected chi connectivity index (χ0v) is 12.2. The second-order valence-electron chi connectivity index (χ2n) is 7.99. The fourth-order valence-electron chi connectivity index (χ4n) is 7.80. The maximum absolute atomic E-state index is 3.77. The Labute approximate surface area is 113 Å². The van der Waals surface area contributed by atoms with Crippen molar-refractivity contribution in [2.24, 2.45) is 46.8 Å². The molecule has 0 saturated heterocycles. The third kappa shape index (κ3) is 1.05. The first-order valence-corrected chi connectivity index (χ1v) is 9.00. The molecule has 7 fully saturated rings. The van der Waals surface area contributed by atoms with E-state index in [2.05, 4.69) is 15.9 Å². The van der Waals surface area contributed by atoms with Gasteiger partial charge in [-0.2, -0.15) is 0 Å². The van der Waals surface area contributed by atoms with E-state index in [0.29, 0.717) is 0 Å². The van der Waals surface area contributed by atoms with E-state index in [1.54, 1.807) is 38.5 Å². The summed E-state index contributed by atoms with van der Waals surface area (Å²) in [5, 5.41) is 1.27. The molecule has 7 aliphatic rings. The van der Waals surface area contributed by atoms with Crippen molar-refractivity contribution < 1.29 is 0 Å². The molecular formula is C16H23Br. The van der Waals surface area contributed by atoms with Crippen LogP contribution in [0.15, 0.2) is 0 Å². The van der Waals surface area contributed by atoms with Crippen LogP contribution in [0.4, 0.5) is 0 Å². The highest BCUT2D eigenvalue weighted by Crippen LogP contribution is 2.76. The fourth-order valence-corrected chi connectivity index (χ4v) is 8.54. The van der Waals surface area contributed by atoms with Crippen molar-refractivity contribution in [2.45, 2.75) is 44.9 Å². The van der Waals surface area contributed by atoms with Crippen molar-refractivity contribution in [3.63, 3.8) is 0 Å². The highest BCUT2D eigenvalue weighted by molar-refractivity contribution is 9.09. The van der Waals surface area contributed by atoms with Gasteiger partial charge in [0, 0.05) is 5.33 Å². The predicted octanol–water partition coefficient (Wildman–Crippen LogP) is 4.48. The van der Waals surface area contributed by atoms with E-state index in [0.717, 1.165) is 29.1 Å². The van der Waals surface area contributed by atoms with Crippen LogP contribution < -0.4 is 0 Å². The summed E-state index contributed by atoms with van der Waals surface area (Å²) < 4.78 is 0. The molecule has 0 amide bonds. The summed E-state index contributed by atoms with van der Waals surface area (Å²) in [6.07, 6.45) is 11.3. The molecule has 0 spiro atoms. The lowest BCUT2D eigenvalue weighted by molar-refractivity contribution is -0.256. The molecule has 4 unspecified atom stereocenters. The number of hydrogen-bond acceptors (Lipinski definition) is 0. The first-order valence-electron chi connectivity index (χ1n) is 7.88. The average Bonchev–Trinajstić information content (AvgIpc) is 2.35. The summed E-state index contributed by atoms with van der Waals surface area (Å²) in [6.45, 7) is 0. The van der Waals surface area contributed by atoms with Gasteiger partial charge in [0.25, 0.3) is 0 Å². The number of alkyl halides is 1. The van der Waals surface area contributed by atoms with Crippen LogP contribution in [-0.2, 0) is 0 Å². The van der Waals surface area contributed by atoms with Gasteiger partial charge in [0.2, 0.25) is 0 Å². The Balaban J connectivity index is 1.66. The first kappa shape index (κ1) is 10.3. The van der Waals surface area contributed by atoms with Crippen LogP contribution in [0, 0.1) is 46.8 Å². The molecular weight excluding hydrogens is 272 g/mol. The maximum Gasteiger partial charge on any atom is 0.00367 e. The van der Waals surface area contributed by atoms with Crippen LogP contribution in [-0.4, -0.2) is 5.33 Å². The van der Waals surface area contributed by atoms with Crippen molar-refractivity contribution in [1.82, 2.24) is 0 Å². The molecule has 0 heterocycles. The van der Waals surface area contributed by atoms with Crippen molar-refractivity contribution in [3.8, 4) is 0 Å². The lowest BCUT2D eigenvalue weighted by Crippen LogP contribution is -2.67. The predicted molar refractivity (Wildman–Crippen MR) is 73.0 cm³/mol. The number of halogens is 1. The fraction of sp³-hybridized carbons (Fsp3) is 1.00. The van der Waals surface area contributed by atoms with Gasteiger partial charge in [-0.3, -0.25) is 0 Å². The maximum atomic E-state index is 3.77. The molecule has 17 heavy (non-hydrogen) atoms. The Bertz CT molecular complexity index is 339. The lowest BCUT2D eigenvalue weighted by atomic mass is 9.30. The van der Waals surface area contributed by atoms with Crippen LogP contribution in [0.25, 0.3) is 0 Å². The summed E-state index contributed by atoms with van der Waals surface area (Å²) in [5.74, 6) is 8.17. The lowest BCUT2D eigenvalue weighted by Gasteiger charge is -2.75. The Hall–Kier alpha value is 0.480. The topological polar surface area (TPSA) is 0 Å². The SMILES string of the molecule is BrCCC12CC3C[C@@H]4C5CC(C[C@H]41)C[C@H]2[C@H]5C3. The Morgan fingerprint density at radius 1 is 0.824 bits per heavy atom. The Morgan fingerprint density at radius 2 is 1.47 bits per heavy atom. The van der Waals surface area contributed by atoms with Gasteiger partial charge >= 0.3 is 0 Å². The summed E-state index contributed by atoms with van der Waals surface area (Å²) in [4.78, 5) is 0. The molecule has 0 aromatic heterocycles. The molecule has 0 radical (unpaired) electrons. The van der Waals surface area contributed by atoms with Crippen LogP contribution in [0.1, 0.15) is 44.9 Å². The smallest absolute Gasteiger partial charge is 0.00367 e. The highest BCUT2D eigenvalue weighted by Gasteiger charge is 2.69. The molecule has 1 heteroatoms. The summed E-state index contributed by atoms with van der Waals surface area (Å²) in [7, 11) is 0. The second-order valence-corrected chi connectivity index (χ2v) is 8.78. The van der Waals surface area contributed by atoms with Gasteiger partial charge in [0.05, 0.1) is 0 Å². The summed E-state index contributed by atoms with van der Waals surface area (Å²) >= 11 is 3.77. The van der Waals surface area contributed by atoms with E-state index in [9.17, 15) is 0 Å². The largest absolute Gasteiger partial charge is 0.0928 e. The molecule has 8 atom stereocenters. The molecule has 0 aromatic rings. The van der Waals surface area contributed by atoms with Crippen LogP contribution >= 0.6 is 15.9 Å². The molecule has 7 saturated carbocycles. The van der Waals surface area contributed by atoms with E-state index >= 15 is 0 Å². The van der Waals surface area contributed by atoms with Gasteiger partial charge < -0.3 is 0 Å². The van der Waals surface area contributed by atoms with E-state index in [1.807, 2.05) is 0 Å². The second kappa shape index (κ2) is 3.14. The molecule has 7 rings (SSSR count). The molecule has 0 aromatic carbocycles. The zero-order chi connectivity index (χ0) is 11.2. The quantitative estimate of drug-likeness (QED) is 0.659. The van der Waals surface area contributed by atoms with E-state index < -0.39 is 0 Å². The molecule has 7 aliphatic carbocycles. The molecule has 94 valence electrons. The van der Waals surface area contributed by atoms with Crippen molar-refractivity contribution in [3.05, 3.63) is 0 Å². The van der Waals surface area contributed by atoms with Crippen molar-refractivity contribution in [1.29, 1.82) is 0 Å². The Kier molecular flexibility index (Phi) is 1.90. The van der Waals surface area contributed by atoms with E-state index in [4.69, 9.17) is 0 Å². The standard InChI is InChI=1S/C16H23Br/c17-2-1-16-8-10-4-12-11-3-9(6-14(12)16)7-15(16)13(11)5-10/h9-15H,1-8H2/t9?,10?,11?,12-,13+,14-,15+,16?. The van der Waals surface area contributed by atoms with Crippen molar-refractivity contribution >= 4 is 15.9 Å². The zero-order valence-electron chi connectivity index (χ0n) is 10.6.